The smallest absolute Gasteiger partial charge is 0.318 e. The molecule has 0 radical (unpaired) electrons. The summed E-state index contributed by atoms with van der Waals surface area (Å²) in [7, 11) is 0. The van der Waals surface area contributed by atoms with E-state index in [1.54, 1.807) is 24.2 Å². The van der Waals surface area contributed by atoms with Gasteiger partial charge in [0.1, 0.15) is 0 Å². The SMILES string of the molecule is FC(F)(F)c1ccc(-c2nc3n(c2-c2ccncc2)CCS3)cc1. The Morgan fingerprint density at radius 3 is 2.33 bits per heavy atom. The summed E-state index contributed by atoms with van der Waals surface area (Å²) in [5.41, 5.74) is 2.62. The van der Waals surface area contributed by atoms with E-state index in [0.29, 0.717) is 11.3 Å². The highest BCUT2D eigenvalue weighted by Gasteiger charge is 2.30. The van der Waals surface area contributed by atoms with Gasteiger partial charge in [-0.25, -0.2) is 4.98 Å². The molecule has 0 N–H and O–H groups in total. The van der Waals surface area contributed by atoms with Crippen LogP contribution < -0.4 is 0 Å². The molecular formula is C17H12F3N3S. The summed E-state index contributed by atoms with van der Waals surface area (Å²) in [6.07, 6.45) is -0.930. The van der Waals surface area contributed by atoms with Crippen molar-refractivity contribution in [2.45, 2.75) is 17.9 Å². The average Bonchev–Trinajstić information content (AvgIpc) is 3.15. The number of thioether (sulfide) groups is 1. The minimum atomic E-state index is -4.34. The second-order valence-corrected chi connectivity index (χ2v) is 6.46. The maximum Gasteiger partial charge on any atom is 0.416 e. The molecule has 0 atom stereocenters. The van der Waals surface area contributed by atoms with Gasteiger partial charge in [-0.15, -0.1) is 0 Å². The van der Waals surface area contributed by atoms with Crippen LogP contribution in [0.5, 0.6) is 0 Å². The highest BCUT2D eigenvalue weighted by atomic mass is 32.2. The Morgan fingerprint density at radius 1 is 0.958 bits per heavy atom. The van der Waals surface area contributed by atoms with Crippen LogP contribution in [0.15, 0.2) is 53.9 Å². The molecule has 1 aliphatic rings. The van der Waals surface area contributed by atoms with Crippen LogP contribution in [0.1, 0.15) is 5.56 Å². The number of nitrogens with zero attached hydrogens (tertiary/aromatic N) is 3. The summed E-state index contributed by atoms with van der Waals surface area (Å²) in [4.78, 5) is 8.68. The highest BCUT2D eigenvalue weighted by Crippen LogP contribution is 2.39. The van der Waals surface area contributed by atoms with Crippen molar-refractivity contribution in [1.82, 2.24) is 14.5 Å². The van der Waals surface area contributed by atoms with Gasteiger partial charge in [0.05, 0.1) is 17.0 Å². The average molecular weight is 347 g/mol. The summed E-state index contributed by atoms with van der Waals surface area (Å²) < 4.78 is 40.4. The lowest BCUT2D eigenvalue weighted by Crippen LogP contribution is -2.04. The van der Waals surface area contributed by atoms with Gasteiger partial charge in [-0.3, -0.25) is 4.98 Å². The molecule has 0 amide bonds. The number of alkyl halides is 3. The minimum Gasteiger partial charge on any atom is -0.318 e. The fraction of sp³-hybridized carbons (Fsp3) is 0.176. The summed E-state index contributed by atoms with van der Waals surface area (Å²) in [5.74, 6) is 0.952. The Morgan fingerprint density at radius 2 is 1.67 bits per heavy atom. The van der Waals surface area contributed by atoms with Crippen LogP contribution in [0.2, 0.25) is 0 Å². The largest absolute Gasteiger partial charge is 0.416 e. The first-order valence-corrected chi connectivity index (χ1v) is 8.34. The van der Waals surface area contributed by atoms with Gasteiger partial charge >= 0.3 is 6.18 Å². The first kappa shape index (κ1) is 15.3. The van der Waals surface area contributed by atoms with Crippen LogP contribution in [-0.4, -0.2) is 20.3 Å². The molecule has 0 bridgehead atoms. The van der Waals surface area contributed by atoms with Gasteiger partial charge in [-0.2, -0.15) is 13.2 Å². The second-order valence-electron chi connectivity index (χ2n) is 5.40. The van der Waals surface area contributed by atoms with Crippen LogP contribution in [0.4, 0.5) is 13.2 Å². The van der Waals surface area contributed by atoms with Crippen LogP contribution >= 0.6 is 11.8 Å². The van der Waals surface area contributed by atoms with Crippen molar-refractivity contribution in [2.75, 3.05) is 5.75 Å². The normalized spacial score (nSPS) is 14.0. The maximum atomic E-state index is 12.8. The van der Waals surface area contributed by atoms with Crippen LogP contribution in [0.3, 0.4) is 0 Å². The van der Waals surface area contributed by atoms with Crippen molar-refractivity contribution >= 4 is 11.8 Å². The molecule has 4 rings (SSSR count). The van der Waals surface area contributed by atoms with Crippen LogP contribution in [-0.2, 0) is 12.7 Å². The van der Waals surface area contributed by atoms with E-state index < -0.39 is 11.7 Å². The molecule has 3 nitrogen and oxygen atoms in total. The molecule has 0 fully saturated rings. The Kier molecular flexibility index (Phi) is 3.60. The van der Waals surface area contributed by atoms with Crippen molar-refractivity contribution in [3.63, 3.8) is 0 Å². The molecular weight excluding hydrogens is 335 g/mol. The van der Waals surface area contributed by atoms with E-state index in [9.17, 15) is 13.2 Å². The number of pyridine rings is 1. The zero-order chi connectivity index (χ0) is 16.7. The molecule has 1 aliphatic heterocycles. The Balaban J connectivity index is 1.85. The van der Waals surface area contributed by atoms with Crippen molar-refractivity contribution in [2.24, 2.45) is 0 Å². The van der Waals surface area contributed by atoms with E-state index in [1.807, 2.05) is 12.1 Å². The Labute approximate surface area is 140 Å². The van der Waals surface area contributed by atoms with Gasteiger partial charge in [0.2, 0.25) is 0 Å². The Bertz CT molecular complexity index is 871. The predicted molar refractivity (Wildman–Crippen MR) is 86.6 cm³/mol. The summed E-state index contributed by atoms with van der Waals surface area (Å²) in [6, 6.07) is 8.95. The van der Waals surface area contributed by atoms with E-state index in [0.717, 1.165) is 40.8 Å². The van der Waals surface area contributed by atoms with Crippen molar-refractivity contribution < 1.29 is 13.2 Å². The fourth-order valence-corrected chi connectivity index (χ4v) is 3.75. The van der Waals surface area contributed by atoms with E-state index in [-0.39, 0.29) is 0 Å². The van der Waals surface area contributed by atoms with Crippen molar-refractivity contribution in [1.29, 1.82) is 0 Å². The van der Waals surface area contributed by atoms with Crippen LogP contribution in [0, 0.1) is 0 Å². The maximum absolute atomic E-state index is 12.8. The van der Waals surface area contributed by atoms with Crippen LogP contribution in [0.25, 0.3) is 22.5 Å². The number of halogens is 3. The lowest BCUT2D eigenvalue weighted by Gasteiger charge is -2.09. The second kappa shape index (κ2) is 5.66. The van der Waals surface area contributed by atoms with Gasteiger partial charge in [-0.05, 0) is 24.3 Å². The molecule has 3 heterocycles. The van der Waals surface area contributed by atoms with Crippen molar-refractivity contribution in [3.05, 3.63) is 54.4 Å². The molecule has 24 heavy (non-hydrogen) atoms. The fourth-order valence-electron chi connectivity index (χ4n) is 2.80. The van der Waals surface area contributed by atoms with E-state index in [2.05, 4.69) is 14.5 Å². The van der Waals surface area contributed by atoms with E-state index >= 15 is 0 Å². The topological polar surface area (TPSA) is 30.7 Å². The van der Waals surface area contributed by atoms with Gasteiger partial charge < -0.3 is 4.57 Å². The molecule has 1 aromatic carbocycles. The number of hydrogen-bond donors (Lipinski definition) is 0. The molecule has 0 saturated carbocycles. The lowest BCUT2D eigenvalue weighted by molar-refractivity contribution is -0.137. The van der Waals surface area contributed by atoms with Gasteiger partial charge in [0, 0.05) is 35.8 Å². The number of benzene rings is 1. The number of imidazole rings is 1. The number of fused-ring (bicyclic) bond motifs is 1. The molecule has 0 unspecified atom stereocenters. The number of hydrogen-bond acceptors (Lipinski definition) is 3. The number of rotatable bonds is 2. The predicted octanol–water partition coefficient (Wildman–Crippen LogP) is 4.74. The quantitative estimate of drug-likeness (QED) is 0.671. The molecule has 0 saturated heterocycles. The number of aromatic nitrogens is 3. The Hall–Kier alpha value is -2.28. The summed E-state index contributed by atoms with van der Waals surface area (Å²) in [6.45, 7) is 0.839. The van der Waals surface area contributed by atoms with Gasteiger partial charge in [-0.1, -0.05) is 23.9 Å². The highest BCUT2D eigenvalue weighted by molar-refractivity contribution is 7.99. The minimum absolute atomic E-state index is 0.655. The molecule has 2 aromatic heterocycles. The standard InChI is InChI=1S/C17H12F3N3S/c18-17(19,20)13-3-1-11(2-4-13)14-15(12-5-7-21-8-6-12)23-9-10-24-16(23)22-14/h1-8H,9-10H2. The molecule has 0 aliphatic carbocycles. The van der Waals surface area contributed by atoms with E-state index in [4.69, 9.17) is 0 Å². The van der Waals surface area contributed by atoms with Gasteiger partial charge in [0.25, 0.3) is 0 Å². The van der Waals surface area contributed by atoms with Crippen molar-refractivity contribution in [3.8, 4) is 22.5 Å². The lowest BCUT2D eigenvalue weighted by atomic mass is 10.0. The first-order valence-electron chi connectivity index (χ1n) is 7.35. The molecule has 7 heteroatoms. The summed E-state index contributed by atoms with van der Waals surface area (Å²) >= 11 is 1.66. The molecule has 0 spiro atoms. The zero-order valence-corrected chi connectivity index (χ0v) is 13.2. The first-order chi connectivity index (χ1) is 11.5. The third-order valence-corrected chi connectivity index (χ3v) is 4.87. The molecule has 3 aromatic rings. The zero-order valence-electron chi connectivity index (χ0n) is 12.4. The third-order valence-electron chi connectivity index (χ3n) is 3.92. The summed E-state index contributed by atoms with van der Waals surface area (Å²) in [5, 5.41) is 0.900. The third kappa shape index (κ3) is 2.58. The van der Waals surface area contributed by atoms with Gasteiger partial charge in [0.15, 0.2) is 5.16 Å². The monoisotopic (exact) mass is 347 g/mol. The van der Waals surface area contributed by atoms with E-state index in [1.165, 1.54) is 12.1 Å². The molecule has 122 valence electrons.